The largest absolute Gasteiger partial charge is 0.423 e. The second-order valence-corrected chi connectivity index (χ2v) is 7.42. The Morgan fingerprint density at radius 3 is 2.61 bits per heavy atom. The molecule has 0 unspecified atom stereocenters. The van der Waals surface area contributed by atoms with Gasteiger partial charge in [-0.3, -0.25) is 9.69 Å². The molecule has 7 heteroatoms. The first-order valence-electron chi connectivity index (χ1n) is 8.72. The highest BCUT2D eigenvalue weighted by Gasteiger charge is 2.49. The lowest BCUT2D eigenvalue weighted by Crippen LogP contribution is -2.41. The van der Waals surface area contributed by atoms with Crippen LogP contribution in [0.2, 0.25) is 5.02 Å². The SMILES string of the molecule is Cc1ccc2c(CN3C(=O)N[C@@](C)(c4ccccc4Cl)C3=O)cc(=O)oc2c1. The normalized spacial score (nSPS) is 19.3. The van der Waals surface area contributed by atoms with E-state index in [1.165, 1.54) is 6.07 Å². The van der Waals surface area contributed by atoms with Crippen LogP contribution < -0.4 is 10.9 Å². The van der Waals surface area contributed by atoms with Gasteiger partial charge in [0.2, 0.25) is 0 Å². The molecule has 3 aromatic rings. The Labute approximate surface area is 165 Å². The minimum absolute atomic E-state index is 0.0458. The monoisotopic (exact) mass is 396 g/mol. The lowest BCUT2D eigenvalue weighted by Gasteiger charge is -2.23. The van der Waals surface area contributed by atoms with Gasteiger partial charge in [-0.25, -0.2) is 9.59 Å². The van der Waals surface area contributed by atoms with Crippen LogP contribution in [0.15, 0.2) is 57.7 Å². The zero-order valence-corrected chi connectivity index (χ0v) is 16.0. The highest BCUT2D eigenvalue weighted by molar-refractivity contribution is 6.32. The summed E-state index contributed by atoms with van der Waals surface area (Å²) in [5, 5.41) is 3.80. The van der Waals surface area contributed by atoms with E-state index in [0.717, 1.165) is 10.5 Å². The average molecular weight is 397 g/mol. The number of urea groups is 1. The minimum atomic E-state index is -1.28. The fourth-order valence-electron chi connectivity index (χ4n) is 3.53. The third-order valence-electron chi connectivity index (χ3n) is 5.00. The molecule has 0 aliphatic carbocycles. The van der Waals surface area contributed by atoms with Crippen molar-refractivity contribution in [2.24, 2.45) is 0 Å². The van der Waals surface area contributed by atoms with Crippen LogP contribution in [0.3, 0.4) is 0 Å². The van der Waals surface area contributed by atoms with Gasteiger partial charge in [-0.1, -0.05) is 41.9 Å². The maximum absolute atomic E-state index is 13.2. The van der Waals surface area contributed by atoms with E-state index in [0.29, 0.717) is 27.1 Å². The number of hydrogen-bond acceptors (Lipinski definition) is 4. The average Bonchev–Trinajstić information content (AvgIpc) is 2.85. The second kappa shape index (κ2) is 6.49. The van der Waals surface area contributed by atoms with Gasteiger partial charge in [-0.15, -0.1) is 0 Å². The van der Waals surface area contributed by atoms with E-state index < -0.39 is 23.1 Å². The summed E-state index contributed by atoms with van der Waals surface area (Å²) in [5.74, 6) is -0.431. The number of halogens is 1. The molecule has 1 fully saturated rings. The van der Waals surface area contributed by atoms with E-state index in [-0.39, 0.29) is 6.54 Å². The van der Waals surface area contributed by atoms with Gasteiger partial charge in [-0.05, 0) is 37.1 Å². The number of rotatable bonds is 3. The van der Waals surface area contributed by atoms with E-state index in [4.69, 9.17) is 16.0 Å². The number of carbonyl (C=O) groups is 2. The predicted octanol–water partition coefficient (Wildman–Crippen LogP) is 3.72. The maximum Gasteiger partial charge on any atom is 0.336 e. The lowest BCUT2D eigenvalue weighted by atomic mass is 9.92. The molecule has 28 heavy (non-hydrogen) atoms. The van der Waals surface area contributed by atoms with Crippen molar-refractivity contribution in [2.45, 2.75) is 25.9 Å². The van der Waals surface area contributed by atoms with Crippen LogP contribution in [-0.2, 0) is 16.9 Å². The molecule has 1 atom stereocenters. The van der Waals surface area contributed by atoms with Crippen molar-refractivity contribution in [2.75, 3.05) is 0 Å². The summed E-state index contributed by atoms with van der Waals surface area (Å²) in [5.41, 5.74) is 0.608. The van der Waals surface area contributed by atoms with Crippen molar-refractivity contribution >= 4 is 34.5 Å². The predicted molar refractivity (Wildman–Crippen MR) is 105 cm³/mol. The molecule has 1 aromatic heterocycles. The Bertz CT molecular complexity index is 1190. The van der Waals surface area contributed by atoms with Gasteiger partial charge in [0, 0.05) is 22.0 Å². The molecular formula is C21H17ClN2O4. The van der Waals surface area contributed by atoms with Crippen LogP contribution in [0.1, 0.15) is 23.6 Å². The molecule has 142 valence electrons. The van der Waals surface area contributed by atoms with Crippen molar-refractivity contribution in [1.82, 2.24) is 10.2 Å². The molecule has 0 spiro atoms. The number of amides is 3. The van der Waals surface area contributed by atoms with Crippen molar-refractivity contribution in [3.63, 3.8) is 0 Å². The van der Waals surface area contributed by atoms with E-state index in [1.807, 2.05) is 19.1 Å². The van der Waals surface area contributed by atoms with Crippen LogP contribution in [-0.4, -0.2) is 16.8 Å². The van der Waals surface area contributed by atoms with Crippen molar-refractivity contribution in [3.05, 3.63) is 80.7 Å². The van der Waals surface area contributed by atoms with Gasteiger partial charge in [0.1, 0.15) is 11.1 Å². The first kappa shape index (κ1) is 18.3. The summed E-state index contributed by atoms with van der Waals surface area (Å²) in [6.07, 6.45) is 0. The van der Waals surface area contributed by atoms with Crippen molar-refractivity contribution in [1.29, 1.82) is 0 Å². The number of nitrogens with one attached hydrogen (secondary N) is 1. The Morgan fingerprint density at radius 2 is 1.86 bits per heavy atom. The number of aryl methyl sites for hydroxylation is 1. The fraction of sp³-hybridized carbons (Fsp3) is 0.190. The lowest BCUT2D eigenvalue weighted by molar-refractivity contribution is -0.131. The third-order valence-corrected chi connectivity index (χ3v) is 5.33. The van der Waals surface area contributed by atoms with Gasteiger partial charge >= 0.3 is 11.7 Å². The quantitative estimate of drug-likeness (QED) is 0.540. The summed E-state index contributed by atoms with van der Waals surface area (Å²) in [6, 6.07) is 13.1. The smallest absolute Gasteiger partial charge is 0.336 e. The van der Waals surface area contributed by atoms with E-state index >= 15 is 0 Å². The van der Waals surface area contributed by atoms with Crippen molar-refractivity contribution < 1.29 is 14.0 Å². The minimum Gasteiger partial charge on any atom is -0.423 e. The van der Waals surface area contributed by atoms with Gasteiger partial charge in [0.25, 0.3) is 5.91 Å². The molecule has 6 nitrogen and oxygen atoms in total. The molecule has 3 amide bonds. The first-order valence-corrected chi connectivity index (χ1v) is 9.10. The Hall–Kier alpha value is -3.12. The van der Waals surface area contributed by atoms with Crippen molar-refractivity contribution in [3.8, 4) is 0 Å². The molecule has 1 aliphatic heterocycles. The molecule has 2 heterocycles. The summed E-state index contributed by atoms with van der Waals surface area (Å²) in [4.78, 5) is 38.8. The van der Waals surface area contributed by atoms with E-state index in [1.54, 1.807) is 37.3 Å². The molecule has 0 bridgehead atoms. The summed E-state index contributed by atoms with van der Waals surface area (Å²) in [6.45, 7) is 3.46. The van der Waals surface area contributed by atoms with Crippen LogP contribution >= 0.6 is 11.6 Å². The van der Waals surface area contributed by atoms with E-state index in [2.05, 4.69) is 5.32 Å². The number of benzene rings is 2. The second-order valence-electron chi connectivity index (χ2n) is 7.02. The Balaban J connectivity index is 1.75. The standard InChI is InChI=1S/C21H17ClN2O4/c1-12-7-8-14-13(10-18(25)28-17(14)9-12)11-24-19(26)21(2,23-20(24)27)15-5-3-4-6-16(15)22/h3-10H,11H2,1-2H3,(H,23,27)/t21-/m0/s1. The summed E-state index contributed by atoms with van der Waals surface area (Å²) in [7, 11) is 0. The number of fused-ring (bicyclic) bond motifs is 1. The van der Waals surface area contributed by atoms with Crippen LogP contribution in [0, 0.1) is 6.92 Å². The molecule has 1 N–H and O–H groups in total. The topological polar surface area (TPSA) is 79.6 Å². The Morgan fingerprint density at radius 1 is 1.11 bits per heavy atom. The number of imide groups is 1. The highest BCUT2D eigenvalue weighted by atomic mass is 35.5. The van der Waals surface area contributed by atoms with Gasteiger partial charge in [-0.2, -0.15) is 0 Å². The summed E-state index contributed by atoms with van der Waals surface area (Å²) >= 11 is 6.25. The van der Waals surface area contributed by atoms with E-state index in [9.17, 15) is 14.4 Å². The number of carbonyl (C=O) groups excluding carboxylic acids is 2. The van der Waals surface area contributed by atoms with Gasteiger partial charge < -0.3 is 9.73 Å². The molecule has 4 rings (SSSR count). The maximum atomic E-state index is 13.2. The fourth-order valence-corrected chi connectivity index (χ4v) is 3.85. The zero-order valence-electron chi connectivity index (χ0n) is 15.3. The molecule has 0 saturated carbocycles. The zero-order chi connectivity index (χ0) is 20.1. The van der Waals surface area contributed by atoms with Crippen LogP contribution in [0.5, 0.6) is 0 Å². The number of hydrogen-bond donors (Lipinski definition) is 1. The highest BCUT2D eigenvalue weighted by Crippen LogP contribution is 2.34. The Kier molecular flexibility index (Phi) is 4.23. The third kappa shape index (κ3) is 2.86. The summed E-state index contributed by atoms with van der Waals surface area (Å²) < 4.78 is 5.25. The molecule has 0 radical (unpaired) electrons. The van der Waals surface area contributed by atoms with Gasteiger partial charge in [0.15, 0.2) is 0 Å². The number of nitrogens with zero attached hydrogens (tertiary/aromatic N) is 1. The molecule has 1 aliphatic rings. The van der Waals surface area contributed by atoms with Gasteiger partial charge in [0.05, 0.1) is 6.54 Å². The molecule has 2 aromatic carbocycles. The van der Waals surface area contributed by atoms with Crippen LogP contribution in [0.25, 0.3) is 11.0 Å². The molecule has 1 saturated heterocycles. The van der Waals surface area contributed by atoms with Crippen LogP contribution in [0.4, 0.5) is 4.79 Å². The molecular weight excluding hydrogens is 380 g/mol. The first-order chi connectivity index (χ1) is 13.3.